The van der Waals surface area contributed by atoms with Crippen molar-refractivity contribution in [3.63, 3.8) is 0 Å². The highest BCUT2D eigenvalue weighted by Gasteiger charge is 2.18. The Labute approximate surface area is 79.6 Å². The van der Waals surface area contributed by atoms with Crippen LogP contribution in [0.5, 0.6) is 0 Å². The zero-order valence-electron chi connectivity index (χ0n) is 8.25. The predicted molar refractivity (Wildman–Crippen MR) is 52.6 cm³/mol. The van der Waals surface area contributed by atoms with Gasteiger partial charge in [-0.2, -0.15) is 0 Å². The first-order chi connectivity index (χ1) is 6.24. The SMILES string of the molecule is C/C=C1/CCCCC1CCC(=O)O. The Morgan fingerprint density at radius 2 is 2.38 bits per heavy atom. The largest absolute Gasteiger partial charge is 0.481 e. The Bertz CT molecular complexity index is 206. The van der Waals surface area contributed by atoms with Gasteiger partial charge in [0.25, 0.3) is 0 Å². The van der Waals surface area contributed by atoms with E-state index in [9.17, 15) is 4.79 Å². The van der Waals surface area contributed by atoms with Gasteiger partial charge in [0, 0.05) is 6.42 Å². The second-order valence-electron chi connectivity index (χ2n) is 3.74. The van der Waals surface area contributed by atoms with Crippen molar-refractivity contribution in [2.24, 2.45) is 5.92 Å². The summed E-state index contributed by atoms with van der Waals surface area (Å²) >= 11 is 0. The van der Waals surface area contributed by atoms with Gasteiger partial charge in [-0.3, -0.25) is 4.79 Å². The molecule has 0 aliphatic heterocycles. The molecule has 1 unspecified atom stereocenters. The Morgan fingerprint density at radius 1 is 1.62 bits per heavy atom. The average Bonchev–Trinajstić information content (AvgIpc) is 2.15. The van der Waals surface area contributed by atoms with Crippen LogP contribution < -0.4 is 0 Å². The molecule has 0 heterocycles. The third kappa shape index (κ3) is 3.21. The van der Waals surface area contributed by atoms with Gasteiger partial charge in [-0.25, -0.2) is 0 Å². The minimum Gasteiger partial charge on any atom is -0.481 e. The van der Waals surface area contributed by atoms with Gasteiger partial charge in [0.2, 0.25) is 0 Å². The minimum atomic E-state index is -0.666. The summed E-state index contributed by atoms with van der Waals surface area (Å²) in [6.07, 6.45) is 8.24. The summed E-state index contributed by atoms with van der Waals surface area (Å²) in [5.74, 6) is -0.115. The highest BCUT2D eigenvalue weighted by atomic mass is 16.4. The van der Waals surface area contributed by atoms with E-state index in [1.807, 2.05) is 0 Å². The maximum absolute atomic E-state index is 10.4. The van der Waals surface area contributed by atoms with Crippen molar-refractivity contribution in [1.29, 1.82) is 0 Å². The van der Waals surface area contributed by atoms with Crippen LogP contribution in [0.4, 0.5) is 0 Å². The van der Waals surface area contributed by atoms with Crippen LogP contribution >= 0.6 is 0 Å². The van der Waals surface area contributed by atoms with Crippen molar-refractivity contribution in [1.82, 2.24) is 0 Å². The van der Waals surface area contributed by atoms with Gasteiger partial charge < -0.3 is 5.11 Å². The van der Waals surface area contributed by atoms with Crippen LogP contribution in [-0.2, 0) is 4.79 Å². The molecular formula is C11H18O2. The predicted octanol–water partition coefficient (Wildman–Crippen LogP) is 2.99. The fourth-order valence-electron chi connectivity index (χ4n) is 2.12. The number of allylic oxidation sites excluding steroid dienone is 2. The van der Waals surface area contributed by atoms with E-state index in [2.05, 4.69) is 13.0 Å². The van der Waals surface area contributed by atoms with E-state index in [1.54, 1.807) is 0 Å². The topological polar surface area (TPSA) is 37.3 Å². The Hall–Kier alpha value is -0.790. The van der Waals surface area contributed by atoms with Crippen LogP contribution in [0.15, 0.2) is 11.6 Å². The van der Waals surface area contributed by atoms with Gasteiger partial charge in [-0.05, 0) is 38.5 Å². The molecule has 74 valence electrons. The molecule has 1 fully saturated rings. The molecule has 13 heavy (non-hydrogen) atoms. The molecule has 2 nitrogen and oxygen atoms in total. The number of hydrogen-bond donors (Lipinski definition) is 1. The summed E-state index contributed by atoms with van der Waals surface area (Å²) in [6.45, 7) is 2.06. The summed E-state index contributed by atoms with van der Waals surface area (Å²) in [5.41, 5.74) is 1.48. The molecular weight excluding hydrogens is 164 g/mol. The van der Waals surface area contributed by atoms with E-state index in [1.165, 1.54) is 31.3 Å². The first kappa shape index (κ1) is 10.3. The fourth-order valence-corrected chi connectivity index (χ4v) is 2.12. The highest BCUT2D eigenvalue weighted by molar-refractivity contribution is 5.66. The lowest BCUT2D eigenvalue weighted by Gasteiger charge is -2.24. The molecule has 1 aliphatic carbocycles. The van der Waals surface area contributed by atoms with Crippen molar-refractivity contribution in [2.75, 3.05) is 0 Å². The van der Waals surface area contributed by atoms with E-state index in [0.717, 1.165) is 6.42 Å². The monoisotopic (exact) mass is 182 g/mol. The van der Waals surface area contributed by atoms with Gasteiger partial charge in [-0.15, -0.1) is 0 Å². The molecule has 2 heteroatoms. The van der Waals surface area contributed by atoms with Gasteiger partial charge in [0.1, 0.15) is 0 Å². The fraction of sp³-hybridized carbons (Fsp3) is 0.727. The van der Waals surface area contributed by atoms with Crippen molar-refractivity contribution in [2.45, 2.75) is 45.4 Å². The first-order valence-electron chi connectivity index (χ1n) is 5.11. The number of carboxylic acid groups (broad SMARTS) is 1. The maximum Gasteiger partial charge on any atom is 0.303 e. The van der Waals surface area contributed by atoms with Gasteiger partial charge in [0.05, 0.1) is 0 Å². The molecule has 0 spiro atoms. The smallest absolute Gasteiger partial charge is 0.303 e. The zero-order chi connectivity index (χ0) is 9.68. The molecule has 0 amide bonds. The lowest BCUT2D eigenvalue weighted by molar-refractivity contribution is -0.137. The van der Waals surface area contributed by atoms with Crippen molar-refractivity contribution in [3.8, 4) is 0 Å². The Balaban J connectivity index is 2.41. The summed E-state index contributed by atoms with van der Waals surface area (Å²) in [4.78, 5) is 10.4. The molecule has 1 aliphatic rings. The van der Waals surface area contributed by atoms with Gasteiger partial charge in [0.15, 0.2) is 0 Å². The summed E-state index contributed by atoms with van der Waals surface area (Å²) in [7, 11) is 0. The molecule has 1 rings (SSSR count). The third-order valence-electron chi connectivity index (χ3n) is 2.87. The number of aliphatic carboxylic acids is 1. The summed E-state index contributed by atoms with van der Waals surface area (Å²) < 4.78 is 0. The highest BCUT2D eigenvalue weighted by Crippen LogP contribution is 2.32. The first-order valence-corrected chi connectivity index (χ1v) is 5.11. The van der Waals surface area contributed by atoms with Crippen LogP contribution in [0.25, 0.3) is 0 Å². The Morgan fingerprint density at radius 3 is 3.00 bits per heavy atom. The minimum absolute atomic E-state index is 0.321. The van der Waals surface area contributed by atoms with Crippen molar-refractivity contribution in [3.05, 3.63) is 11.6 Å². The van der Waals surface area contributed by atoms with E-state index in [0.29, 0.717) is 12.3 Å². The number of carboxylic acids is 1. The third-order valence-corrected chi connectivity index (χ3v) is 2.87. The van der Waals surface area contributed by atoms with Crippen molar-refractivity contribution < 1.29 is 9.90 Å². The van der Waals surface area contributed by atoms with E-state index in [4.69, 9.17) is 5.11 Å². The van der Waals surface area contributed by atoms with Crippen LogP contribution in [0, 0.1) is 5.92 Å². The maximum atomic E-state index is 10.4. The average molecular weight is 182 g/mol. The standard InChI is InChI=1S/C11H18O2/c1-2-9-5-3-4-6-10(9)7-8-11(12)13/h2,10H,3-8H2,1H3,(H,12,13)/b9-2-. The van der Waals surface area contributed by atoms with Gasteiger partial charge in [-0.1, -0.05) is 18.1 Å². The van der Waals surface area contributed by atoms with E-state index < -0.39 is 5.97 Å². The van der Waals surface area contributed by atoms with E-state index in [-0.39, 0.29) is 0 Å². The second-order valence-corrected chi connectivity index (χ2v) is 3.74. The molecule has 0 bridgehead atoms. The summed E-state index contributed by atoms with van der Waals surface area (Å²) in [6, 6.07) is 0. The molecule has 1 N–H and O–H groups in total. The molecule has 1 saturated carbocycles. The normalized spacial score (nSPS) is 26.2. The number of carbonyl (C=O) groups is 1. The van der Waals surface area contributed by atoms with E-state index >= 15 is 0 Å². The number of hydrogen-bond acceptors (Lipinski definition) is 1. The molecule has 0 aromatic rings. The molecule has 0 aromatic heterocycles. The van der Waals surface area contributed by atoms with Crippen LogP contribution in [0.2, 0.25) is 0 Å². The zero-order valence-corrected chi connectivity index (χ0v) is 8.25. The lowest BCUT2D eigenvalue weighted by Crippen LogP contribution is -2.11. The lowest BCUT2D eigenvalue weighted by atomic mass is 9.81. The molecule has 0 aromatic carbocycles. The molecule has 1 atom stereocenters. The van der Waals surface area contributed by atoms with Crippen LogP contribution in [0.3, 0.4) is 0 Å². The quantitative estimate of drug-likeness (QED) is 0.681. The van der Waals surface area contributed by atoms with Crippen LogP contribution in [0.1, 0.15) is 45.4 Å². The molecule has 0 saturated heterocycles. The van der Waals surface area contributed by atoms with Crippen molar-refractivity contribution >= 4 is 5.97 Å². The van der Waals surface area contributed by atoms with Gasteiger partial charge >= 0.3 is 5.97 Å². The number of rotatable bonds is 3. The summed E-state index contributed by atoms with van der Waals surface area (Å²) in [5, 5.41) is 8.58. The molecule has 0 radical (unpaired) electrons. The van der Waals surface area contributed by atoms with Crippen LogP contribution in [-0.4, -0.2) is 11.1 Å². The second kappa shape index (κ2) is 5.05. The Kier molecular flexibility index (Phi) is 4.00.